The van der Waals surface area contributed by atoms with Gasteiger partial charge in [0.15, 0.2) is 6.35 Å². The van der Waals surface area contributed by atoms with Gasteiger partial charge in [0.2, 0.25) is 5.91 Å². The first kappa shape index (κ1) is 5.53. The average Bonchev–Trinajstić information content (AvgIpc) is 1.85. The number of aliphatic hydroxyl groups is 1. The first-order chi connectivity index (χ1) is 3.70. The third-order valence-electron chi connectivity index (χ3n) is 1.08. The van der Waals surface area contributed by atoms with Crippen molar-refractivity contribution in [3.8, 4) is 0 Å². The Hall–Kier alpha value is -0.610. The minimum atomic E-state index is -0.850. The Labute approximate surface area is 46.9 Å². The molecule has 0 aliphatic carbocycles. The Bertz CT molecular complexity index is 115. The number of aliphatic hydroxyl groups excluding tert-OH is 1. The summed E-state index contributed by atoms with van der Waals surface area (Å²) in [4.78, 5) is 10.5. The lowest BCUT2D eigenvalue weighted by Crippen LogP contribution is -2.31. The van der Waals surface area contributed by atoms with E-state index >= 15 is 0 Å². The molecular formula is C4H8N2O2. The molecule has 1 heterocycles. The monoisotopic (exact) mass is 116 g/mol. The van der Waals surface area contributed by atoms with Gasteiger partial charge in [-0.2, -0.15) is 0 Å². The highest BCUT2D eigenvalue weighted by atomic mass is 16.3. The summed E-state index contributed by atoms with van der Waals surface area (Å²) in [6.07, 6.45) is -0.850. The minimum absolute atomic E-state index is 0.155. The highest BCUT2D eigenvalue weighted by Crippen LogP contribution is 1.90. The lowest BCUT2D eigenvalue weighted by Gasteiger charge is -1.97. The van der Waals surface area contributed by atoms with Crippen LogP contribution in [0.4, 0.5) is 0 Å². The summed E-state index contributed by atoms with van der Waals surface area (Å²) < 4.78 is 0. The van der Waals surface area contributed by atoms with E-state index in [2.05, 4.69) is 10.6 Å². The predicted molar refractivity (Wildman–Crippen MR) is 26.7 cm³/mol. The van der Waals surface area contributed by atoms with Gasteiger partial charge in [-0.25, -0.2) is 0 Å². The van der Waals surface area contributed by atoms with Crippen LogP contribution in [0.5, 0.6) is 0 Å². The van der Waals surface area contributed by atoms with Gasteiger partial charge in [-0.1, -0.05) is 0 Å². The number of amides is 1. The Morgan fingerprint density at radius 2 is 2.38 bits per heavy atom. The molecule has 4 nitrogen and oxygen atoms in total. The standard InChI is InChI=1S/C4H8N2O2/c1-2-3(7)6-4(8)5-2/h2,4-5,8H,1H3,(H,6,7). The number of rotatable bonds is 0. The molecule has 0 spiro atoms. The zero-order valence-electron chi connectivity index (χ0n) is 4.51. The molecule has 1 aliphatic rings. The van der Waals surface area contributed by atoms with E-state index in [1.807, 2.05) is 0 Å². The van der Waals surface area contributed by atoms with Gasteiger partial charge in [0.05, 0.1) is 6.04 Å². The zero-order valence-corrected chi connectivity index (χ0v) is 4.51. The fraction of sp³-hybridized carbons (Fsp3) is 0.750. The van der Waals surface area contributed by atoms with Crippen molar-refractivity contribution in [2.45, 2.75) is 19.3 Å². The average molecular weight is 116 g/mol. The van der Waals surface area contributed by atoms with E-state index in [0.29, 0.717) is 0 Å². The molecule has 1 amide bonds. The predicted octanol–water partition coefficient (Wildman–Crippen LogP) is -1.63. The van der Waals surface area contributed by atoms with E-state index in [9.17, 15) is 4.79 Å². The molecule has 1 saturated heterocycles. The summed E-state index contributed by atoms with van der Waals surface area (Å²) in [6.45, 7) is 1.69. The molecule has 46 valence electrons. The molecule has 8 heavy (non-hydrogen) atoms. The van der Waals surface area contributed by atoms with E-state index in [0.717, 1.165) is 0 Å². The van der Waals surface area contributed by atoms with Gasteiger partial charge >= 0.3 is 0 Å². The van der Waals surface area contributed by atoms with Gasteiger partial charge in [-0.05, 0) is 6.92 Å². The van der Waals surface area contributed by atoms with Gasteiger partial charge in [-0.3, -0.25) is 10.1 Å². The summed E-state index contributed by atoms with van der Waals surface area (Å²) >= 11 is 0. The topological polar surface area (TPSA) is 61.4 Å². The fourth-order valence-corrected chi connectivity index (χ4v) is 0.614. The highest BCUT2D eigenvalue weighted by molar-refractivity contribution is 5.83. The second-order valence-corrected chi connectivity index (χ2v) is 1.80. The lowest BCUT2D eigenvalue weighted by atomic mass is 10.4. The van der Waals surface area contributed by atoms with Gasteiger partial charge in [-0.15, -0.1) is 0 Å². The van der Waals surface area contributed by atoms with Crippen LogP contribution in [-0.4, -0.2) is 23.4 Å². The Kier molecular flexibility index (Phi) is 1.19. The molecule has 0 saturated carbocycles. The van der Waals surface area contributed by atoms with Crippen molar-refractivity contribution in [3.63, 3.8) is 0 Å². The van der Waals surface area contributed by atoms with Crippen LogP contribution in [0.3, 0.4) is 0 Å². The maximum absolute atomic E-state index is 10.5. The van der Waals surface area contributed by atoms with Crippen LogP contribution in [0.1, 0.15) is 6.92 Å². The third-order valence-corrected chi connectivity index (χ3v) is 1.08. The van der Waals surface area contributed by atoms with Crippen molar-refractivity contribution >= 4 is 5.91 Å². The van der Waals surface area contributed by atoms with Crippen molar-refractivity contribution in [2.24, 2.45) is 0 Å². The Balaban J connectivity index is 2.51. The molecule has 1 rings (SSSR count). The van der Waals surface area contributed by atoms with Crippen LogP contribution in [0.15, 0.2) is 0 Å². The minimum Gasteiger partial charge on any atom is -0.361 e. The third kappa shape index (κ3) is 0.801. The summed E-state index contributed by atoms with van der Waals surface area (Å²) in [7, 11) is 0. The maximum atomic E-state index is 10.5. The number of hydrogen-bond donors (Lipinski definition) is 3. The Morgan fingerprint density at radius 3 is 2.50 bits per heavy atom. The largest absolute Gasteiger partial charge is 0.361 e. The maximum Gasteiger partial charge on any atom is 0.239 e. The number of hydrogen-bond acceptors (Lipinski definition) is 3. The van der Waals surface area contributed by atoms with E-state index in [1.165, 1.54) is 0 Å². The fourth-order valence-electron chi connectivity index (χ4n) is 0.614. The molecule has 0 bridgehead atoms. The summed E-state index contributed by atoms with van der Waals surface area (Å²) in [5.74, 6) is -0.155. The quantitative estimate of drug-likeness (QED) is 0.356. The second-order valence-electron chi connectivity index (χ2n) is 1.80. The molecule has 4 heteroatoms. The normalized spacial score (nSPS) is 37.5. The molecular weight excluding hydrogens is 108 g/mol. The number of nitrogens with one attached hydrogen (secondary N) is 2. The van der Waals surface area contributed by atoms with Crippen LogP contribution in [-0.2, 0) is 4.79 Å². The highest BCUT2D eigenvalue weighted by Gasteiger charge is 2.24. The summed E-state index contributed by atoms with van der Waals surface area (Å²) in [6, 6.07) is -0.259. The number of carbonyl (C=O) groups excluding carboxylic acids is 1. The SMILES string of the molecule is CC1NC(O)NC1=O. The van der Waals surface area contributed by atoms with Crippen molar-refractivity contribution in [1.82, 2.24) is 10.6 Å². The van der Waals surface area contributed by atoms with Crippen LogP contribution in [0.2, 0.25) is 0 Å². The molecule has 0 aromatic rings. The van der Waals surface area contributed by atoms with E-state index in [4.69, 9.17) is 5.11 Å². The van der Waals surface area contributed by atoms with Crippen LogP contribution >= 0.6 is 0 Å². The van der Waals surface area contributed by atoms with E-state index in [1.54, 1.807) is 6.92 Å². The summed E-state index contributed by atoms with van der Waals surface area (Å²) in [5.41, 5.74) is 0. The smallest absolute Gasteiger partial charge is 0.239 e. The van der Waals surface area contributed by atoms with Crippen LogP contribution in [0.25, 0.3) is 0 Å². The van der Waals surface area contributed by atoms with Crippen LogP contribution in [0, 0.1) is 0 Å². The lowest BCUT2D eigenvalue weighted by molar-refractivity contribution is -0.120. The van der Waals surface area contributed by atoms with Gasteiger partial charge in [0, 0.05) is 0 Å². The first-order valence-corrected chi connectivity index (χ1v) is 2.44. The molecule has 2 atom stereocenters. The van der Waals surface area contributed by atoms with Gasteiger partial charge in [0.1, 0.15) is 0 Å². The van der Waals surface area contributed by atoms with Gasteiger partial charge < -0.3 is 10.4 Å². The first-order valence-electron chi connectivity index (χ1n) is 2.44. The molecule has 1 aliphatic heterocycles. The zero-order chi connectivity index (χ0) is 6.15. The molecule has 2 unspecified atom stereocenters. The molecule has 3 N–H and O–H groups in total. The van der Waals surface area contributed by atoms with Crippen molar-refractivity contribution in [3.05, 3.63) is 0 Å². The summed E-state index contributed by atoms with van der Waals surface area (Å²) in [5, 5.41) is 13.5. The van der Waals surface area contributed by atoms with Gasteiger partial charge in [0.25, 0.3) is 0 Å². The Morgan fingerprint density at radius 1 is 1.75 bits per heavy atom. The molecule has 1 fully saturated rings. The van der Waals surface area contributed by atoms with Crippen LogP contribution < -0.4 is 10.6 Å². The molecule has 0 aromatic heterocycles. The van der Waals surface area contributed by atoms with E-state index in [-0.39, 0.29) is 11.9 Å². The number of carbonyl (C=O) groups is 1. The van der Waals surface area contributed by atoms with E-state index < -0.39 is 6.35 Å². The molecule has 0 aromatic carbocycles. The van der Waals surface area contributed by atoms with Crippen molar-refractivity contribution in [2.75, 3.05) is 0 Å². The second kappa shape index (κ2) is 1.72. The molecule has 0 radical (unpaired) electrons. The van der Waals surface area contributed by atoms with Crippen molar-refractivity contribution in [1.29, 1.82) is 0 Å². The van der Waals surface area contributed by atoms with Crippen molar-refractivity contribution < 1.29 is 9.90 Å².